The van der Waals surface area contributed by atoms with Gasteiger partial charge in [0.05, 0.1) is 18.0 Å². The van der Waals surface area contributed by atoms with Crippen molar-refractivity contribution in [2.45, 2.75) is 11.7 Å². The summed E-state index contributed by atoms with van der Waals surface area (Å²) in [5.74, 6) is 0.224. The van der Waals surface area contributed by atoms with E-state index in [0.29, 0.717) is 11.7 Å². The second-order valence-electron chi connectivity index (χ2n) is 6.30. The van der Waals surface area contributed by atoms with Gasteiger partial charge in [0.1, 0.15) is 0 Å². The van der Waals surface area contributed by atoms with Crippen LogP contribution in [0.5, 0.6) is 0 Å². The number of hydrogen-bond donors (Lipinski definition) is 0. The molecule has 1 aromatic heterocycles. The Morgan fingerprint density at radius 3 is 2.17 bits per heavy atom. The van der Waals surface area contributed by atoms with Gasteiger partial charge in [0.15, 0.2) is 0 Å². The molecule has 0 bridgehead atoms. The quantitative estimate of drug-likeness (QED) is 0.438. The molecule has 3 aromatic carbocycles. The van der Waals surface area contributed by atoms with Crippen molar-refractivity contribution >= 4 is 23.4 Å². The van der Waals surface area contributed by atoms with Gasteiger partial charge in [0.25, 0.3) is 0 Å². The van der Waals surface area contributed by atoms with Gasteiger partial charge in [-0.25, -0.2) is 0 Å². The molecule has 0 aliphatic carbocycles. The predicted octanol–water partition coefficient (Wildman–Crippen LogP) is 3.99. The molecule has 6 nitrogen and oxygen atoms in total. The molecule has 144 valence electrons. The van der Waals surface area contributed by atoms with Crippen LogP contribution in [-0.4, -0.2) is 31.9 Å². The Balaban J connectivity index is 1.51. The van der Waals surface area contributed by atoms with Gasteiger partial charge in [0.2, 0.25) is 11.1 Å². The number of amides is 1. The van der Waals surface area contributed by atoms with Gasteiger partial charge in [-0.3, -0.25) is 4.79 Å². The third-order valence-corrected chi connectivity index (χ3v) is 5.22. The first-order chi connectivity index (χ1) is 14.3. The molecular formula is C22H19N5OS. The van der Waals surface area contributed by atoms with Crippen LogP contribution in [0.4, 0.5) is 5.69 Å². The first-order valence-corrected chi connectivity index (χ1v) is 10.2. The largest absolute Gasteiger partial charge is 0.307 e. The first-order valence-electron chi connectivity index (χ1n) is 9.17. The Hall–Kier alpha value is -3.45. The summed E-state index contributed by atoms with van der Waals surface area (Å²) in [7, 11) is 0. The first kappa shape index (κ1) is 18.9. The molecule has 0 spiro atoms. The Morgan fingerprint density at radius 1 is 0.862 bits per heavy atom. The summed E-state index contributed by atoms with van der Waals surface area (Å²) in [4.78, 5) is 14.9. The third kappa shape index (κ3) is 4.70. The van der Waals surface area contributed by atoms with Crippen molar-refractivity contribution in [2.75, 3.05) is 10.7 Å². The number of anilines is 1. The van der Waals surface area contributed by atoms with E-state index < -0.39 is 0 Å². The summed E-state index contributed by atoms with van der Waals surface area (Å²) in [6.45, 7) is 0.508. The zero-order valence-electron chi connectivity index (χ0n) is 15.6. The van der Waals surface area contributed by atoms with E-state index in [1.165, 1.54) is 11.8 Å². The minimum atomic E-state index is -0.00679. The number of thioether (sulfide) groups is 1. The smallest absolute Gasteiger partial charge is 0.237 e. The van der Waals surface area contributed by atoms with Crippen molar-refractivity contribution in [1.82, 2.24) is 20.2 Å². The second kappa shape index (κ2) is 9.16. The molecule has 0 saturated heterocycles. The molecule has 0 N–H and O–H groups in total. The average Bonchev–Trinajstić information content (AvgIpc) is 3.26. The molecule has 0 radical (unpaired) electrons. The predicted molar refractivity (Wildman–Crippen MR) is 114 cm³/mol. The minimum absolute atomic E-state index is 0.00679. The highest BCUT2D eigenvalue weighted by Crippen LogP contribution is 2.22. The zero-order valence-corrected chi connectivity index (χ0v) is 16.4. The van der Waals surface area contributed by atoms with Gasteiger partial charge in [0, 0.05) is 5.69 Å². The van der Waals surface area contributed by atoms with E-state index in [2.05, 4.69) is 15.5 Å². The highest BCUT2D eigenvalue weighted by Gasteiger charge is 2.18. The van der Waals surface area contributed by atoms with Crippen LogP contribution in [0.15, 0.2) is 96.2 Å². The van der Waals surface area contributed by atoms with Crippen molar-refractivity contribution in [3.05, 3.63) is 96.6 Å². The van der Waals surface area contributed by atoms with Gasteiger partial charge in [-0.15, -0.1) is 5.10 Å². The number of hydrogen-bond acceptors (Lipinski definition) is 5. The Labute approximate surface area is 173 Å². The number of nitrogens with zero attached hydrogens (tertiary/aromatic N) is 5. The number of rotatable bonds is 7. The van der Waals surface area contributed by atoms with Crippen LogP contribution in [-0.2, 0) is 11.3 Å². The molecule has 0 atom stereocenters. The molecule has 7 heteroatoms. The van der Waals surface area contributed by atoms with E-state index in [1.807, 2.05) is 91.0 Å². The third-order valence-electron chi connectivity index (χ3n) is 4.32. The lowest BCUT2D eigenvalue weighted by Crippen LogP contribution is -2.32. The molecule has 4 aromatic rings. The maximum Gasteiger partial charge on any atom is 0.237 e. The number of benzene rings is 3. The molecule has 0 aliphatic rings. The number of aromatic nitrogens is 4. The van der Waals surface area contributed by atoms with Gasteiger partial charge >= 0.3 is 0 Å². The lowest BCUT2D eigenvalue weighted by atomic mass is 10.2. The average molecular weight is 401 g/mol. The Kier molecular flexibility index (Phi) is 5.97. The maximum atomic E-state index is 13.1. The van der Waals surface area contributed by atoms with E-state index in [9.17, 15) is 4.79 Å². The highest BCUT2D eigenvalue weighted by atomic mass is 32.2. The van der Waals surface area contributed by atoms with Crippen LogP contribution in [0.3, 0.4) is 0 Å². The molecular weight excluding hydrogens is 382 g/mol. The second-order valence-corrected chi connectivity index (χ2v) is 7.24. The molecule has 1 amide bonds. The SMILES string of the molecule is O=C(CSc1nnnn1-c1ccccc1)N(Cc1ccccc1)c1ccccc1. The van der Waals surface area contributed by atoms with Gasteiger partial charge in [-0.05, 0) is 40.3 Å². The van der Waals surface area contributed by atoms with Crippen LogP contribution in [0.25, 0.3) is 5.69 Å². The number of para-hydroxylation sites is 2. The molecule has 0 saturated carbocycles. The topological polar surface area (TPSA) is 63.9 Å². The van der Waals surface area contributed by atoms with E-state index in [-0.39, 0.29) is 11.7 Å². The normalized spacial score (nSPS) is 10.6. The molecule has 0 aliphatic heterocycles. The van der Waals surface area contributed by atoms with E-state index in [0.717, 1.165) is 16.9 Å². The van der Waals surface area contributed by atoms with Crippen LogP contribution >= 0.6 is 11.8 Å². The van der Waals surface area contributed by atoms with E-state index in [4.69, 9.17) is 0 Å². The minimum Gasteiger partial charge on any atom is -0.307 e. The van der Waals surface area contributed by atoms with Gasteiger partial charge in [-0.2, -0.15) is 4.68 Å². The van der Waals surface area contributed by atoms with Crippen LogP contribution < -0.4 is 4.90 Å². The summed E-state index contributed by atoms with van der Waals surface area (Å²) >= 11 is 1.33. The van der Waals surface area contributed by atoms with E-state index >= 15 is 0 Å². The molecule has 0 fully saturated rings. The Bertz CT molecular complexity index is 1050. The molecule has 1 heterocycles. The molecule has 29 heavy (non-hydrogen) atoms. The van der Waals surface area contributed by atoms with Crippen LogP contribution in [0.1, 0.15) is 5.56 Å². The summed E-state index contributed by atoms with van der Waals surface area (Å²) in [5.41, 5.74) is 2.80. The standard InChI is InChI=1S/C22H19N5OS/c28-21(17-29-22-23-24-25-27(22)20-14-8-3-9-15-20)26(19-12-6-2-7-13-19)16-18-10-4-1-5-11-18/h1-15H,16-17H2. The summed E-state index contributed by atoms with van der Waals surface area (Å²) < 4.78 is 1.64. The highest BCUT2D eigenvalue weighted by molar-refractivity contribution is 7.99. The fourth-order valence-electron chi connectivity index (χ4n) is 2.90. The van der Waals surface area contributed by atoms with Crippen molar-refractivity contribution in [2.24, 2.45) is 0 Å². The fourth-order valence-corrected chi connectivity index (χ4v) is 3.67. The van der Waals surface area contributed by atoms with Crippen molar-refractivity contribution in [3.63, 3.8) is 0 Å². The van der Waals surface area contributed by atoms with Crippen LogP contribution in [0, 0.1) is 0 Å². The Morgan fingerprint density at radius 2 is 1.48 bits per heavy atom. The number of carbonyl (C=O) groups excluding carboxylic acids is 1. The number of tetrazole rings is 1. The van der Waals surface area contributed by atoms with Crippen molar-refractivity contribution < 1.29 is 4.79 Å². The molecule has 0 unspecified atom stereocenters. The molecule has 4 rings (SSSR count). The van der Waals surface area contributed by atoms with Crippen molar-refractivity contribution in [1.29, 1.82) is 0 Å². The number of carbonyl (C=O) groups is 1. The van der Waals surface area contributed by atoms with Gasteiger partial charge < -0.3 is 4.90 Å². The maximum absolute atomic E-state index is 13.1. The summed E-state index contributed by atoms with van der Waals surface area (Å²) in [6, 6.07) is 29.3. The summed E-state index contributed by atoms with van der Waals surface area (Å²) in [6.07, 6.45) is 0. The van der Waals surface area contributed by atoms with Crippen molar-refractivity contribution in [3.8, 4) is 5.69 Å². The van der Waals surface area contributed by atoms with Crippen LogP contribution in [0.2, 0.25) is 0 Å². The lowest BCUT2D eigenvalue weighted by molar-refractivity contribution is -0.116. The van der Waals surface area contributed by atoms with Gasteiger partial charge in [-0.1, -0.05) is 78.5 Å². The fraction of sp³-hybridized carbons (Fsp3) is 0.0909. The monoisotopic (exact) mass is 401 g/mol. The summed E-state index contributed by atoms with van der Waals surface area (Å²) in [5, 5.41) is 12.5. The zero-order chi connectivity index (χ0) is 19.9. The lowest BCUT2D eigenvalue weighted by Gasteiger charge is -2.23. The van der Waals surface area contributed by atoms with E-state index in [1.54, 1.807) is 9.58 Å².